The molecule has 3 heteroatoms. The lowest BCUT2D eigenvalue weighted by Gasteiger charge is -2.00. The zero-order chi connectivity index (χ0) is 9.84. The summed E-state index contributed by atoms with van der Waals surface area (Å²) in [5, 5.41) is -0.359. The normalized spacial score (nSPS) is 10.1. The van der Waals surface area contributed by atoms with Crippen molar-refractivity contribution in [3.05, 3.63) is 35.1 Å². The minimum absolute atomic E-state index is 0.221. The van der Waals surface area contributed by atoms with Gasteiger partial charge in [0, 0.05) is 6.42 Å². The van der Waals surface area contributed by atoms with Crippen molar-refractivity contribution in [3.8, 4) is 0 Å². The Kier molecular flexibility index (Phi) is 3.43. The van der Waals surface area contributed by atoms with Crippen LogP contribution in [0.25, 0.3) is 0 Å². The van der Waals surface area contributed by atoms with Crippen molar-refractivity contribution < 1.29 is 9.18 Å². The smallest absolute Gasteiger partial charge is 0.221 e. The van der Waals surface area contributed by atoms with E-state index in [-0.39, 0.29) is 11.1 Å². The zero-order valence-electron chi connectivity index (χ0n) is 7.31. The highest BCUT2D eigenvalue weighted by molar-refractivity contribution is 6.63. The van der Waals surface area contributed by atoms with Crippen LogP contribution in [0.3, 0.4) is 0 Å². The summed E-state index contributed by atoms with van der Waals surface area (Å²) in [6, 6.07) is 4.81. The summed E-state index contributed by atoms with van der Waals surface area (Å²) in [7, 11) is 0. The fraction of sp³-hybridized carbons (Fsp3) is 0.300. The van der Waals surface area contributed by atoms with Crippen LogP contribution in [0.2, 0.25) is 0 Å². The van der Waals surface area contributed by atoms with E-state index in [4.69, 9.17) is 11.6 Å². The molecule has 1 aromatic carbocycles. The fourth-order valence-corrected chi connectivity index (χ4v) is 1.20. The highest BCUT2D eigenvalue weighted by atomic mass is 35.5. The molecule has 0 spiro atoms. The minimum atomic E-state index is -0.359. The molecule has 0 amide bonds. The van der Waals surface area contributed by atoms with Crippen LogP contribution >= 0.6 is 11.6 Å². The molecule has 0 saturated carbocycles. The second-order valence-corrected chi connectivity index (χ2v) is 3.36. The molecule has 1 nitrogen and oxygen atoms in total. The SMILES string of the molecule is Cc1cc(CCC(=O)Cl)ccc1F. The highest BCUT2D eigenvalue weighted by Gasteiger charge is 2.01. The molecule has 0 N–H and O–H groups in total. The molecule has 0 radical (unpaired) electrons. The van der Waals surface area contributed by atoms with Crippen molar-refractivity contribution in [1.82, 2.24) is 0 Å². The lowest BCUT2D eigenvalue weighted by atomic mass is 10.1. The molecular formula is C10H10ClFO. The van der Waals surface area contributed by atoms with Gasteiger partial charge in [0.2, 0.25) is 5.24 Å². The molecule has 0 aromatic heterocycles. The monoisotopic (exact) mass is 200 g/mol. The van der Waals surface area contributed by atoms with Crippen LogP contribution in [-0.2, 0) is 11.2 Å². The third-order valence-electron chi connectivity index (χ3n) is 1.83. The van der Waals surface area contributed by atoms with Crippen LogP contribution in [-0.4, -0.2) is 5.24 Å². The first-order valence-electron chi connectivity index (χ1n) is 4.03. The third kappa shape index (κ3) is 3.15. The van der Waals surface area contributed by atoms with Crippen molar-refractivity contribution in [1.29, 1.82) is 0 Å². The molecule has 13 heavy (non-hydrogen) atoms. The van der Waals surface area contributed by atoms with E-state index in [0.717, 1.165) is 5.56 Å². The van der Waals surface area contributed by atoms with Gasteiger partial charge < -0.3 is 0 Å². The Hall–Kier alpha value is -0.890. The van der Waals surface area contributed by atoms with Gasteiger partial charge in [-0.3, -0.25) is 4.79 Å². The van der Waals surface area contributed by atoms with Gasteiger partial charge >= 0.3 is 0 Å². The van der Waals surface area contributed by atoms with E-state index in [1.165, 1.54) is 6.07 Å². The van der Waals surface area contributed by atoms with Crippen molar-refractivity contribution >= 4 is 16.8 Å². The lowest BCUT2D eigenvalue weighted by molar-refractivity contribution is -0.111. The van der Waals surface area contributed by atoms with Gasteiger partial charge in [-0.05, 0) is 42.1 Å². The lowest BCUT2D eigenvalue weighted by Crippen LogP contribution is -1.93. The van der Waals surface area contributed by atoms with E-state index < -0.39 is 0 Å². The molecular weight excluding hydrogens is 191 g/mol. The average Bonchev–Trinajstić information content (AvgIpc) is 2.07. The number of carbonyl (C=O) groups excluding carboxylic acids is 1. The Morgan fingerprint density at radius 3 is 2.77 bits per heavy atom. The van der Waals surface area contributed by atoms with Crippen LogP contribution in [0.4, 0.5) is 4.39 Å². The summed E-state index contributed by atoms with van der Waals surface area (Å²) < 4.78 is 12.8. The van der Waals surface area contributed by atoms with Crippen molar-refractivity contribution in [2.75, 3.05) is 0 Å². The number of hydrogen-bond acceptors (Lipinski definition) is 1. The van der Waals surface area contributed by atoms with Crippen LogP contribution in [0.1, 0.15) is 17.5 Å². The summed E-state index contributed by atoms with van der Waals surface area (Å²) >= 11 is 5.19. The van der Waals surface area contributed by atoms with E-state index in [1.54, 1.807) is 19.1 Å². The Morgan fingerprint density at radius 1 is 1.54 bits per heavy atom. The predicted molar refractivity (Wildman–Crippen MR) is 50.3 cm³/mol. The van der Waals surface area contributed by atoms with Crippen LogP contribution < -0.4 is 0 Å². The molecule has 70 valence electrons. The van der Waals surface area contributed by atoms with Gasteiger partial charge in [-0.25, -0.2) is 4.39 Å². The summed E-state index contributed by atoms with van der Waals surface area (Å²) in [5.74, 6) is -0.221. The van der Waals surface area contributed by atoms with E-state index in [2.05, 4.69) is 0 Å². The Balaban J connectivity index is 2.68. The van der Waals surface area contributed by atoms with Gasteiger partial charge in [0.15, 0.2) is 0 Å². The predicted octanol–water partition coefficient (Wildman–Crippen LogP) is 2.83. The molecule has 0 unspecified atom stereocenters. The molecule has 0 bridgehead atoms. The largest absolute Gasteiger partial charge is 0.281 e. The topological polar surface area (TPSA) is 17.1 Å². The number of aryl methyl sites for hydroxylation is 2. The quantitative estimate of drug-likeness (QED) is 0.686. The maximum Gasteiger partial charge on any atom is 0.221 e. The van der Waals surface area contributed by atoms with Gasteiger partial charge in [0.25, 0.3) is 0 Å². The van der Waals surface area contributed by atoms with Crippen LogP contribution in [0.5, 0.6) is 0 Å². The van der Waals surface area contributed by atoms with Crippen molar-refractivity contribution in [2.24, 2.45) is 0 Å². The van der Waals surface area contributed by atoms with Crippen molar-refractivity contribution in [2.45, 2.75) is 19.8 Å². The number of rotatable bonds is 3. The summed E-state index contributed by atoms with van der Waals surface area (Å²) in [6.45, 7) is 1.70. The number of carbonyl (C=O) groups is 1. The van der Waals surface area contributed by atoms with E-state index in [9.17, 15) is 9.18 Å². The van der Waals surface area contributed by atoms with Gasteiger partial charge in [0.1, 0.15) is 5.82 Å². The van der Waals surface area contributed by atoms with Gasteiger partial charge in [-0.2, -0.15) is 0 Å². The van der Waals surface area contributed by atoms with Gasteiger partial charge in [-0.15, -0.1) is 0 Å². The first-order valence-corrected chi connectivity index (χ1v) is 4.41. The summed E-state index contributed by atoms with van der Waals surface area (Å²) in [6.07, 6.45) is 0.871. The second-order valence-electron chi connectivity index (χ2n) is 2.94. The number of hydrogen-bond donors (Lipinski definition) is 0. The number of halogens is 2. The standard InChI is InChI=1S/C10H10ClFO/c1-7-6-8(2-4-9(7)12)3-5-10(11)13/h2,4,6H,3,5H2,1H3. The molecule has 0 atom stereocenters. The van der Waals surface area contributed by atoms with E-state index in [0.29, 0.717) is 18.4 Å². The molecule has 0 heterocycles. The highest BCUT2D eigenvalue weighted by Crippen LogP contribution is 2.11. The molecule has 0 aliphatic carbocycles. The van der Waals surface area contributed by atoms with Crippen molar-refractivity contribution in [3.63, 3.8) is 0 Å². The molecule has 1 rings (SSSR count). The minimum Gasteiger partial charge on any atom is -0.281 e. The van der Waals surface area contributed by atoms with E-state index in [1.807, 2.05) is 0 Å². The van der Waals surface area contributed by atoms with E-state index >= 15 is 0 Å². The van der Waals surface area contributed by atoms with Gasteiger partial charge in [-0.1, -0.05) is 12.1 Å². The first-order chi connectivity index (χ1) is 6.09. The Labute approximate surface area is 81.5 Å². The maximum absolute atomic E-state index is 12.8. The molecule has 1 aromatic rings. The average molecular weight is 201 g/mol. The Morgan fingerprint density at radius 2 is 2.23 bits per heavy atom. The fourth-order valence-electron chi connectivity index (χ4n) is 1.10. The number of benzene rings is 1. The zero-order valence-corrected chi connectivity index (χ0v) is 8.07. The molecule has 0 fully saturated rings. The summed E-state index contributed by atoms with van der Waals surface area (Å²) in [4.78, 5) is 10.5. The molecule has 0 aliphatic heterocycles. The Bertz CT molecular complexity index is 323. The second kappa shape index (κ2) is 4.38. The van der Waals surface area contributed by atoms with Gasteiger partial charge in [0.05, 0.1) is 0 Å². The maximum atomic E-state index is 12.8. The molecule has 0 aliphatic rings. The molecule has 0 saturated heterocycles. The van der Waals surface area contributed by atoms with Crippen LogP contribution in [0.15, 0.2) is 18.2 Å². The third-order valence-corrected chi connectivity index (χ3v) is 2.02. The summed E-state index contributed by atoms with van der Waals surface area (Å²) in [5.41, 5.74) is 1.53. The first kappa shape index (κ1) is 10.2. The van der Waals surface area contributed by atoms with Crippen LogP contribution in [0, 0.1) is 12.7 Å².